The summed E-state index contributed by atoms with van der Waals surface area (Å²) in [7, 11) is 1.66. The fourth-order valence-electron chi connectivity index (χ4n) is 2.05. The van der Waals surface area contributed by atoms with Gasteiger partial charge in [-0.2, -0.15) is 0 Å². The van der Waals surface area contributed by atoms with E-state index in [-0.39, 0.29) is 0 Å². The first-order valence-corrected chi connectivity index (χ1v) is 10.3. The summed E-state index contributed by atoms with van der Waals surface area (Å²) in [6, 6.07) is 16.4. The molecule has 1 heterocycles. The predicted octanol–water partition coefficient (Wildman–Crippen LogP) is 5.30. The molecule has 7 heteroatoms. The molecule has 1 N–H and O–H groups in total. The lowest BCUT2D eigenvalue weighted by molar-refractivity contribution is 0.417. The van der Waals surface area contributed by atoms with Crippen molar-refractivity contribution in [3.05, 3.63) is 54.1 Å². The van der Waals surface area contributed by atoms with E-state index in [1.165, 1.54) is 10.5 Å². The molecule has 4 nitrogen and oxygen atoms in total. The number of anilines is 2. The van der Waals surface area contributed by atoms with E-state index >= 15 is 0 Å². The number of nitrogens with one attached hydrogen (secondary N) is 1. The number of ether oxygens (including phenoxy) is 1. The van der Waals surface area contributed by atoms with Gasteiger partial charge in [-0.1, -0.05) is 47.4 Å². The topological polar surface area (TPSA) is 47.0 Å². The zero-order valence-corrected chi connectivity index (χ0v) is 15.8. The van der Waals surface area contributed by atoms with Crippen molar-refractivity contribution in [2.45, 2.75) is 15.0 Å². The molecule has 0 amide bonds. The minimum atomic E-state index is 0.764. The average molecular weight is 376 g/mol. The second kappa shape index (κ2) is 8.41. The highest BCUT2D eigenvalue weighted by atomic mass is 32.2. The molecule has 2 aromatic carbocycles. The standard InChI is InChI=1S/C17H17N3OS3/c1-21-15-6-4-3-5-14(15)18-16-19-20-17(24-16)23-11-12-7-9-13(22-2)10-8-12/h3-10H,11H2,1-2H3,(H,18,19). The van der Waals surface area contributed by atoms with Gasteiger partial charge in [-0.05, 0) is 36.1 Å². The highest BCUT2D eigenvalue weighted by Gasteiger charge is 2.08. The van der Waals surface area contributed by atoms with Gasteiger partial charge in [0.05, 0.1) is 12.8 Å². The summed E-state index contributed by atoms with van der Waals surface area (Å²) < 4.78 is 6.28. The Morgan fingerprint density at radius 1 is 1.08 bits per heavy atom. The molecule has 0 aliphatic rings. The summed E-state index contributed by atoms with van der Waals surface area (Å²) in [6.45, 7) is 0. The molecule has 0 saturated carbocycles. The van der Waals surface area contributed by atoms with Crippen molar-refractivity contribution in [2.24, 2.45) is 0 Å². The van der Waals surface area contributed by atoms with E-state index in [1.54, 1.807) is 42.0 Å². The van der Waals surface area contributed by atoms with Crippen LogP contribution in [0.25, 0.3) is 0 Å². The number of benzene rings is 2. The molecule has 0 aliphatic heterocycles. The van der Waals surface area contributed by atoms with Gasteiger partial charge in [-0.25, -0.2) is 0 Å². The number of methoxy groups -OCH3 is 1. The molecule has 0 radical (unpaired) electrons. The summed E-state index contributed by atoms with van der Waals surface area (Å²) in [5.41, 5.74) is 2.17. The number of para-hydroxylation sites is 2. The van der Waals surface area contributed by atoms with Crippen LogP contribution in [0.5, 0.6) is 5.75 Å². The van der Waals surface area contributed by atoms with Crippen molar-refractivity contribution < 1.29 is 4.74 Å². The first kappa shape index (κ1) is 17.1. The Bertz CT molecular complexity index is 790. The van der Waals surface area contributed by atoms with Crippen LogP contribution in [-0.2, 0) is 5.75 Å². The quantitative estimate of drug-likeness (QED) is 0.565. The Morgan fingerprint density at radius 2 is 1.88 bits per heavy atom. The zero-order valence-electron chi connectivity index (χ0n) is 13.4. The monoisotopic (exact) mass is 375 g/mol. The van der Waals surface area contributed by atoms with Crippen LogP contribution in [-0.4, -0.2) is 23.6 Å². The molecule has 0 fully saturated rings. The van der Waals surface area contributed by atoms with E-state index in [9.17, 15) is 0 Å². The summed E-state index contributed by atoms with van der Waals surface area (Å²) in [5, 5.41) is 12.5. The molecule has 3 aromatic rings. The maximum atomic E-state index is 5.34. The first-order valence-electron chi connectivity index (χ1n) is 7.28. The molecule has 0 atom stereocenters. The molecule has 0 spiro atoms. The Balaban J connectivity index is 1.60. The Morgan fingerprint density at radius 3 is 2.62 bits per heavy atom. The van der Waals surface area contributed by atoms with Crippen LogP contribution >= 0.6 is 34.9 Å². The van der Waals surface area contributed by atoms with Crippen LogP contribution in [0.15, 0.2) is 57.8 Å². The van der Waals surface area contributed by atoms with E-state index in [0.29, 0.717) is 0 Å². The maximum Gasteiger partial charge on any atom is 0.210 e. The van der Waals surface area contributed by atoms with Gasteiger partial charge >= 0.3 is 0 Å². The van der Waals surface area contributed by atoms with Gasteiger partial charge in [-0.3, -0.25) is 0 Å². The summed E-state index contributed by atoms with van der Waals surface area (Å²) in [6.07, 6.45) is 2.08. The van der Waals surface area contributed by atoms with Crippen LogP contribution in [0.3, 0.4) is 0 Å². The third kappa shape index (κ3) is 4.43. The van der Waals surface area contributed by atoms with Gasteiger partial charge in [0.1, 0.15) is 5.75 Å². The van der Waals surface area contributed by atoms with Crippen molar-refractivity contribution in [1.29, 1.82) is 0 Å². The van der Waals surface area contributed by atoms with Crippen molar-refractivity contribution in [3.63, 3.8) is 0 Å². The van der Waals surface area contributed by atoms with Crippen LogP contribution in [0.4, 0.5) is 10.8 Å². The third-order valence-corrected chi connectivity index (χ3v) is 6.06. The Kier molecular flexibility index (Phi) is 6.01. The zero-order chi connectivity index (χ0) is 16.8. The highest BCUT2D eigenvalue weighted by molar-refractivity contribution is 8.00. The average Bonchev–Trinajstić information content (AvgIpc) is 3.08. The number of rotatable bonds is 7. The summed E-state index contributed by atoms with van der Waals surface area (Å²) in [4.78, 5) is 1.28. The largest absolute Gasteiger partial charge is 0.495 e. The van der Waals surface area contributed by atoms with Crippen molar-refractivity contribution in [1.82, 2.24) is 10.2 Å². The molecule has 0 aliphatic carbocycles. The second-order valence-electron chi connectivity index (χ2n) is 4.84. The smallest absolute Gasteiger partial charge is 0.210 e. The lowest BCUT2D eigenvalue weighted by atomic mass is 10.2. The molecule has 24 heavy (non-hydrogen) atoms. The molecule has 0 unspecified atom stereocenters. The van der Waals surface area contributed by atoms with Crippen molar-refractivity contribution in [2.75, 3.05) is 18.7 Å². The van der Waals surface area contributed by atoms with E-state index in [2.05, 4.69) is 46.0 Å². The molecule has 0 bridgehead atoms. The molecule has 3 rings (SSSR count). The first-order chi connectivity index (χ1) is 11.8. The van der Waals surface area contributed by atoms with Crippen molar-refractivity contribution in [3.8, 4) is 5.75 Å². The van der Waals surface area contributed by atoms with Gasteiger partial charge < -0.3 is 10.1 Å². The van der Waals surface area contributed by atoms with E-state index in [0.717, 1.165) is 26.7 Å². The molecular weight excluding hydrogens is 358 g/mol. The van der Waals surface area contributed by atoms with Crippen LogP contribution in [0, 0.1) is 0 Å². The lowest BCUT2D eigenvalue weighted by Crippen LogP contribution is -1.93. The molecule has 1 aromatic heterocycles. The van der Waals surface area contributed by atoms with Crippen molar-refractivity contribution >= 4 is 45.7 Å². The SMILES string of the molecule is COc1ccccc1Nc1nnc(SCc2ccc(SC)cc2)s1. The number of hydrogen-bond donors (Lipinski definition) is 1. The molecule has 0 saturated heterocycles. The fraction of sp³-hybridized carbons (Fsp3) is 0.176. The summed E-state index contributed by atoms with van der Waals surface area (Å²) >= 11 is 4.99. The van der Waals surface area contributed by atoms with Gasteiger partial charge in [0.15, 0.2) is 4.34 Å². The molecular formula is C17H17N3OS3. The maximum absolute atomic E-state index is 5.34. The van der Waals surface area contributed by atoms with Crippen LogP contribution in [0.2, 0.25) is 0 Å². The number of nitrogens with zero attached hydrogens (tertiary/aromatic N) is 2. The van der Waals surface area contributed by atoms with Gasteiger partial charge in [0.2, 0.25) is 5.13 Å². The van der Waals surface area contributed by atoms with Gasteiger partial charge in [-0.15, -0.1) is 22.0 Å². The Hall–Kier alpha value is -1.70. The minimum Gasteiger partial charge on any atom is -0.495 e. The third-order valence-electron chi connectivity index (χ3n) is 3.28. The number of aromatic nitrogens is 2. The fourth-order valence-corrected chi connectivity index (χ4v) is 4.18. The highest BCUT2D eigenvalue weighted by Crippen LogP contribution is 2.32. The summed E-state index contributed by atoms with van der Waals surface area (Å²) in [5.74, 6) is 1.67. The second-order valence-corrected chi connectivity index (χ2v) is 7.91. The number of hydrogen-bond acceptors (Lipinski definition) is 7. The number of thioether (sulfide) groups is 2. The van der Waals surface area contributed by atoms with E-state index in [4.69, 9.17) is 4.74 Å². The minimum absolute atomic E-state index is 0.764. The van der Waals surface area contributed by atoms with Gasteiger partial charge in [0.25, 0.3) is 0 Å². The van der Waals surface area contributed by atoms with E-state index in [1.807, 2.05) is 24.3 Å². The normalized spacial score (nSPS) is 10.6. The van der Waals surface area contributed by atoms with Crippen LogP contribution < -0.4 is 10.1 Å². The van der Waals surface area contributed by atoms with E-state index < -0.39 is 0 Å². The molecule has 124 valence electrons. The Labute approximate surface area is 154 Å². The predicted molar refractivity (Wildman–Crippen MR) is 104 cm³/mol. The lowest BCUT2D eigenvalue weighted by Gasteiger charge is -2.07. The van der Waals surface area contributed by atoms with Crippen LogP contribution in [0.1, 0.15) is 5.56 Å². The van der Waals surface area contributed by atoms with Gasteiger partial charge in [0, 0.05) is 10.6 Å².